The first-order valence-corrected chi connectivity index (χ1v) is 6.02. The van der Waals surface area contributed by atoms with E-state index < -0.39 is 0 Å². The molecular weight excluding hydrogens is 198 g/mol. The number of rotatable bonds is 2. The highest BCUT2D eigenvalue weighted by Gasteiger charge is 2.21. The summed E-state index contributed by atoms with van der Waals surface area (Å²) >= 11 is 0. The van der Waals surface area contributed by atoms with E-state index in [1.165, 1.54) is 17.5 Å². The maximum Gasteiger partial charge on any atom is 0.0349 e. The summed E-state index contributed by atoms with van der Waals surface area (Å²) in [5.41, 5.74) is 15.1. The Hall–Kier alpha value is -1.06. The first-order valence-electron chi connectivity index (χ1n) is 6.02. The average Bonchev–Trinajstić information content (AvgIpc) is 2.30. The molecule has 1 aromatic carbocycles. The van der Waals surface area contributed by atoms with Gasteiger partial charge in [-0.1, -0.05) is 12.1 Å². The Kier molecular flexibility index (Phi) is 3.46. The quantitative estimate of drug-likeness (QED) is 0.662. The van der Waals surface area contributed by atoms with Crippen molar-refractivity contribution in [2.75, 3.05) is 12.3 Å². The SMILES string of the molecule is CC1CC(c2cc(CN)ccc2N)CCN1. The first-order chi connectivity index (χ1) is 7.70. The van der Waals surface area contributed by atoms with Crippen LogP contribution in [0.25, 0.3) is 0 Å². The molecule has 2 rings (SSSR count). The maximum absolute atomic E-state index is 6.06. The second-order valence-corrected chi connectivity index (χ2v) is 4.74. The van der Waals surface area contributed by atoms with Crippen LogP contribution in [-0.2, 0) is 6.54 Å². The number of piperidine rings is 1. The molecular formula is C13H21N3. The summed E-state index contributed by atoms with van der Waals surface area (Å²) in [4.78, 5) is 0. The topological polar surface area (TPSA) is 64.1 Å². The molecule has 0 bridgehead atoms. The number of nitrogens with one attached hydrogen (secondary N) is 1. The summed E-state index contributed by atoms with van der Waals surface area (Å²) in [5.74, 6) is 0.586. The van der Waals surface area contributed by atoms with Crippen LogP contribution in [0.3, 0.4) is 0 Å². The molecule has 1 fully saturated rings. The summed E-state index contributed by atoms with van der Waals surface area (Å²) in [6, 6.07) is 6.77. The molecule has 1 aliphatic rings. The van der Waals surface area contributed by atoms with Gasteiger partial charge in [-0.05, 0) is 49.4 Å². The normalized spacial score (nSPS) is 25.6. The van der Waals surface area contributed by atoms with E-state index in [-0.39, 0.29) is 0 Å². The number of anilines is 1. The van der Waals surface area contributed by atoms with Crippen LogP contribution in [0.5, 0.6) is 0 Å². The van der Waals surface area contributed by atoms with Gasteiger partial charge >= 0.3 is 0 Å². The number of nitrogens with two attached hydrogens (primary N) is 2. The van der Waals surface area contributed by atoms with E-state index in [0.717, 1.165) is 18.7 Å². The third-order valence-electron chi connectivity index (χ3n) is 3.45. The fourth-order valence-corrected chi connectivity index (χ4v) is 2.52. The van der Waals surface area contributed by atoms with Gasteiger partial charge in [-0.25, -0.2) is 0 Å². The Balaban J connectivity index is 2.24. The summed E-state index contributed by atoms with van der Waals surface area (Å²) in [6.07, 6.45) is 2.33. The highest BCUT2D eigenvalue weighted by molar-refractivity contribution is 5.50. The summed E-state index contributed by atoms with van der Waals surface area (Å²) < 4.78 is 0. The Labute approximate surface area is 97.2 Å². The Morgan fingerprint density at radius 2 is 2.25 bits per heavy atom. The van der Waals surface area contributed by atoms with Gasteiger partial charge < -0.3 is 16.8 Å². The predicted octanol–water partition coefficient (Wildman–Crippen LogP) is 1.58. The van der Waals surface area contributed by atoms with Gasteiger partial charge in [-0.3, -0.25) is 0 Å². The van der Waals surface area contributed by atoms with Gasteiger partial charge in [0.15, 0.2) is 0 Å². The first kappa shape index (κ1) is 11.4. The van der Waals surface area contributed by atoms with Crippen molar-refractivity contribution in [2.45, 2.75) is 38.3 Å². The lowest BCUT2D eigenvalue weighted by Crippen LogP contribution is -2.35. The van der Waals surface area contributed by atoms with Gasteiger partial charge in [0.1, 0.15) is 0 Å². The summed E-state index contributed by atoms with van der Waals surface area (Å²) in [6.45, 7) is 3.90. The number of hydrogen-bond acceptors (Lipinski definition) is 3. The zero-order valence-corrected chi connectivity index (χ0v) is 9.87. The van der Waals surface area contributed by atoms with Crippen molar-refractivity contribution in [1.82, 2.24) is 5.32 Å². The van der Waals surface area contributed by atoms with Crippen molar-refractivity contribution in [3.8, 4) is 0 Å². The molecule has 3 heteroatoms. The third-order valence-corrected chi connectivity index (χ3v) is 3.45. The fraction of sp³-hybridized carbons (Fsp3) is 0.538. The largest absolute Gasteiger partial charge is 0.398 e. The van der Waals surface area contributed by atoms with Crippen LogP contribution >= 0.6 is 0 Å². The molecule has 2 unspecified atom stereocenters. The maximum atomic E-state index is 6.06. The van der Waals surface area contributed by atoms with Gasteiger partial charge in [-0.2, -0.15) is 0 Å². The lowest BCUT2D eigenvalue weighted by atomic mass is 9.85. The second-order valence-electron chi connectivity index (χ2n) is 4.74. The minimum absolute atomic E-state index is 0.583. The van der Waals surface area contributed by atoms with Crippen molar-refractivity contribution >= 4 is 5.69 Å². The van der Waals surface area contributed by atoms with Crippen molar-refractivity contribution in [2.24, 2.45) is 5.73 Å². The van der Waals surface area contributed by atoms with Gasteiger partial charge in [-0.15, -0.1) is 0 Å². The molecule has 1 saturated heterocycles. The van der Waals surface area contributed by atoms with E-state index in [4.69, 9.17) is 11.5 Å². The van der Waals surface area contributed by atoms with E-state index in [1.54, 1.807) is 0 Å². The molecule has 16 heavy (non-hydrogen) atoms. The fourth-order valence-electron chi connectivity index (χ4n) is 2.52. The van der Waals surface area contributed by atoms with Crippen LogP contribution in [0.4, 0.5) is 5.69 Å². The lowest BCUT2D eigenvalue weighted by molar-refractivity contribution is 0.382. The molecule has 3 nitrogen and oxygen atoms in total. The van der Waals surface area contributed by atoms with Gasteiger partial charge in [0.2, 0.25) is 0 Å². The molecule has 88 valence electrons. The van der Waals surface area contributed by atoms with Crippen LogP contribution in [0, 0.1) is 0 Å². The zero-order valence-electron chi connectivity index (χ0n) is 9.87. The Morgan fingerprint density at radius 3 is 2.94 bits per heavy atom. The third kappa shape index (κ3) is 2.36. The number of benzene rings is 1. The summed E-state index contributed by atoms with van der Waals surface area (Å²) in [5, 5.41) is 3.46. The molecule has 0 aromatic heterocycles. The van der Waals surface area contributed by atoms with Crippen LogP contribution in [0.1, 0.15) is 36.8 Å². The minimum Gasteiger partial charge on any atom is -0.398 e. The van der Waals surface area contributed by atoms with Crippen molar-refractivity contribution in [1.29, 1.82) is 0 Å². The molecule has 0 radical (unpaired) electrons. The molecule has 2 atom stereocenters. The van der Waals surface area contributed by atoms with Crippen molar-refractivity contribution < 1.29 is 0 Å². The summed E-state index contributed by atoms with van der Waals surface area (Å²) in [7, 11) is 0. The molecule has 0 saturated carbocycles. The smallest absolute Gasteiger partial charge is 0.0349 e. The molecule has 1 aliphatic heterocycles. The molecule has 1 aromatic rings. The molecule has 5 N–H and O–H groups in total. The Morgan fingerprint density at radius 1 is 1.44 bits per heavy atom. The van der Waals surface area contributed by atoms with E-state index in [0.29, 0.717) is 18.5 Å². The van der Waals surface area contributed by atoms with Gasteiger partial charge in [0, 0.05) is 18.3 Å². The number of nitrogen functional groups attached to an aromatic ring is 1. The highest BCUT2D eigenvalue weighted by atomic mass is 14.9. The van der Waals surface area contributed by atoms with Gasteiger partial charge in [0.05, 0.1) is 0 Å². The van der Waals surface area contributed by atoms with E-state index in [2.05, 4.69) is 18.3 Å². The highest BCUT2D eigenvalue weighted by Crippen LogP contribution is 2.32. The Bertz CT molecular complexity index is 362. The molecule has 1 heterocycles. The standard InChI is InChI=1S/C13H21N3/c1-9-6-11(4-5-16-9)12-7-10(8-14)2-3-13(12)15/h2-3,7,9,11,16H,4-6,8,14-15H2,1H3. The van der Waals surface area contributed by atoms with Crippen molar-refractivity contribution in [3.05, 3.63) is 29.3 Å². The minimum atomic E-state index is 0.583. The lowest BCUT2D eigenvalue weighted by Gasteiger charge is -2.29. The number of hydrogen-bond donors (Lipinski definition) is 3. The monoisotopic (exact) mass is 219 g/mol. The van der Waals surface area contributed by atoms with Crippen LogP contribution < -0.4 is 16.8 Å². The predicted molar refractivity (Wildman–Crippen MR) is 68.2 cm³/mol. The van der Waals surface area contributed by atoms with Crippen LogP contribution in [0.15, 0.2) is 18.2 Å². The zero-order chi connectivity index (χ0) is 11.5. The van der Waals surface area contributed by atoms with E-state index >= 15 is 0 Å². The molecule has 0 spiro atoms. The van der Waals surface area contributed by atoms with Crippen LogP contribution in [0.2, 0.25) is 0 Å². The molecule has 0 amide bonds. The van der Waals surface area contributed by atoms with Crippen LogP contribution in [-0.4, -0.2) is 12.6 Å². The second kappa shape index (κ2) is 4.85. The van der Waals surface area contributed by atoms with Gasteiger partial charge in [0.25, 0.3) is 0 Å². The van der Waals surface area contributed by atoms with E-state index in [1.807, 2.05) is 12.1 Å². The molecule has 0 aliphatic carbocycles. The average molecular weight is 219 g/mol. The van der Waals surface area contributed by atoms with Crippen molar-refractivity contribution in [3.63, 3.8) is 0 Å². The van der Waals surface area contributed by atoms with E-state index in [9.17, 15) is 0 Å².